The Bertz CT molecular complexity index is 913. The first-order chi connectivity index (χ1) is 14.1. The number of fused-ring (bicyclic) bond motifs is 1. The molecule has 2 aromatic rings. The zero-order valence-electron chi connectivity index (χ0n) is 15.9. The van der Waals surface area contributed by atoms with Gasteiger partial charge in [0.1, 0.15) is 5.82 Å². The van der Waals surface area contributed by atoms with E-state index < -0.39 is 0 Å². The highest BCUT2D eigenvalue weighted by Gasteiger charge is 2.29. The molecule has 1 fully saturated rings. The number of carbonyl (C=O) groups is 2. The molecule has 2 aliphatic rings. The summed E-state index contributed by atoms with van der Waals surface area (Å²) in [5.41, 5.74) is 1.14. The second kappa shape index (κ2) is 8.48. The van der Waals surface area contributed by atoms with E-state index in [-0.39, 0.29) is 30.3 Å². The Hall–Kier alpha value is -3.13. The van der Waals surface area contributed by atoms with Crippen molar-refractivity contribution < 1.29 is 28.4 Å². The van der Waals surface area contributed by atoms with Gasteiger partial charge in [-0.25, -0.2) is 4.39 Å². The molecule has 2 aliphatic heterocycles. The number of hydrogen-bond acceptors (Lipinski definition) is 4. The third-order valence-corrected chi connectivity index (χ3v) is 5.22. The molecule has 1 saturated heterocycles. The van der Waals surface area contributed by atoms with E-state index in [9.17, 15) is 14.0 Å². The molecule has 0 aromatic heterocycles. The van der Waals surface area contributed by atoms with Crippen molar-refractivity contribution in [2.24, 2.45) is 5.92 Å². The fourth-order valence-electron chi connectivity index (χ4n) is 3.68. The molecule has 2 amide bonds. The van der Waals surface area contributed by atoms with Crippen LogP contribution in [0.25, 0.3) is 0 Å². The van der Waals surface area contributed by atoms with Crippen LogP contribution in [-0.4, -0.2) is 38.2 Å². The van der Waals surface area contributed by atoms with Gasteiger partial charge < -0.3 is 25.0 Å². The number of carbonyl (C=O) groups excluding carboxylic acids is 2. The summed E-state index contributed by atoms with van der Waals surface area (Å²) in [6.45, 7) is 1.96. The van der Waals surface area contributed by atoms with E-state index in [4.69, 9.17) is 9.47 Å². The molecule has 29 heavy (non-hydrogen) atoms. The van der Waals surface area contributed by atoms with Gasteiger partial charge in [-0.1, -0.05) is 6.07 Å². The average molecular weight is 400 g/mol. The highest BCUT2D eigenvalue weighted by atomic mass is 19.1. The van der Waals surface area contributed by atoms with Gasteiger partial charge in [-0.2, -0.15) is 0 Å². The Morgan fingerprint density at radius 3 is 2.55 bits per heavy atom. The van der Waals surface area contributed by atoms with Crippen molar-refractivity contribution in [2.75, 3.05) is 37.1 Å². The number of nitrogens with one attached hydrogen (secondary N) is 3. The summed E-state index contributed by atoms with van der Waals surface area (Å²) in [7, 11) is 0. The van der Waals surface area contributed by atoms with Gasteiger partial charge >= 0.3 is 0 Å². The van der Waals surface area contributed by atoms with Gasteiger partial charge in [0.05, 0.1) is 13.1 Å². The molecule has 152 valence electrons. The van der Waals surface area contributed by atoms with Crippen molar-refractivity contribution in [1.82, 2.24) is 0 Å². The largest absolute Gasteiger partial charge is 0.454 e. The van der Waals surface area contributed by atoms with Gasteiger partial charge in [-0.3, -0.25) is 9.59 Å². The minimum absolute atomic E-state index is 0.0212. The first-order valence-corrected chi connectivity index (χ1v) is 9.66. The van der Waals surface area contributed by atoms with Crippen molar-refractivity contribution in [3.63, 3.8) is 0 Å². The van der Waals surface area contributed by atoms with Crippen LogP contribution in [0.15, 0.2) is 42.5 Å². The third kappa shape index (κ3) is 4.83. The molecular formula is C21H23FN3O4+. The van der Waals surface area contributed by atoms with Crippen LogP contribution in [0.1, 0.15) is 12.8 Å². The SMILES string of the molecule is O=C(C[NH+]1CCC(C(=O)Nc2ccc3c(c2)OCO3)CC1)Nc1cccc(F)c1. The van der Waals surface area contributed by atoms with Crippen molar-refractivity contribution in [2.45, 2.75) is 12.8 Å². The Morgan fingerprint density at radius 1 is 1.00 bits per heavy atom. The topological polar surface area (TPSA) is 81.1 Å². The number of quaternary nitrogens is 1. The molecule has 2 heterocycles. The van der Waals surface area contributed by atoms with E-state index in [0.29, 0.717) is 42.3 Å². The van der Waals surface area contributed by atoms with E-state index in [2.05, 4.69) is 10.6 Å². The molecule has 2 aromatic carbocycles. The molecule has 7 nitrogen and oxygen atoms in total. The van der Waals surface area contributed by atoms with Crippen LogP contribution in [-0.2, 0) is 9.59 Å². The third-order valence-electron chi connectivity index (χ3n) is 5.22. The molecule has 0 radical (unpaired) electrons. The van der Waals surface area contributed by atoms with E-state index in [1.807, 2.05) is 0 Å². The number of likely N-dealkylation sites (tertiary alicyclic amines) is 1. The molecular weight excluding hydrogens is 377 g/mol. The lowest BCUT2D eigenvalue weighted by Gasteiger charge is -2.28. The average Bonchev–Trinajstić information content (AvgIpc) is 3.16. The van der Waals surface area contributed by atoms with Crippen molar-refractivity contribution in [3.8, 4) is 11.5 Å². The maximum absolute atomic E-state index is 13.2. The number of rotatable bonds is 5. The molecule has 0 unspecified atom stereocenters. The normalized spacial score (nSPS) is 20.2. The number of piperidine rings is 1. The fourth-order valence-corrected chi connectivity index (χ4v) is 3.68. The van der Waals surface area contributed by atoms with Gasteiger partial charge in [0.25, 0.3) is 5.91 Å². The number of halogens is 1. The first-order valence-electron chi connectivity index (χ1n) is 9.66. The number of benzene rings is 2. The summed E-state index contributed by atoms with van der Waals surface area (Å²) in [5, 5.41) is 5.65. The van der Waals surface area contributed by atoms with Crippen molar-refractivity contribution >= 4 is 23.2 Å². The monoisotopic (exact) mass is 400 g/mol. The highest BCUT2D eigenvalue weighted by molar-refractivity contribution is 5.93. The molecule has 0 atom stereocenters. The lowest BCUT2D eigenvalue weighted by atomic mass is 9.95. The smallest absolute Gasteiger partial charge is 0.279 e. The van der Waals surface area contributed by atoms with Gasteiger partial charge in [0.2, 0.25) is 12.7 Å². The number of amides is 2. The molecule has 0 spiro atoms. The summed E-state index contributed by atoms with van der Waals surface area (Å²) < 4.78 is 23.8. The zero-order valence-corrected chi connectivity index (χ0v) is 15.9. The zero-order chi connectivity index (χ0) is 20.2. The Morgan fingerprint density at radius 2 is 1.76 bits per heavy atom. The van der Waals surface area contributed by atoms with Crippen LogP contribution in [0, 0.1) is 11.7 Å². The minimum atomic E-state index is -0.385. The van der Waals surface area contributed by atoms with Gasteiger partial charge in [0.15, 0.2) is 18.0 Å². The van der Waals surface area contributed by atoms with E-state index in [1.54, 1.807) is 30.3 Å². The van der Waals surface area contributed by atoms with Crippen LogP contribution in [0.4, 0.5) is 15.8 Å². The van der Waals surface area contributed by atoms with Crippen LogP contribution < -0.4 is 25.0 Å². The molecule has 8 heteroatoms. The fraction of sp³-hybridized carbons (Fsp3) is 0.333. The van der Waals surface area contributed by atoms with Gasteiger partial charge in [0, 0.05) is 36.2 Å². The molecule has 3 N–H and O–H groups in total. The molecule has 0 saturated carbocycles. The second-order valence-corrected chi connectivity index (χ2v) is 7.32. The Balaban J connectivity index is 1.23. The summed E-state index contributed by atoms with van der Waals surface area (Å²) in [6.07, 6.45) is 1.41. The van der Waals surface area contributed by atoms with Gasteiger partial charge in [-0.15, -0.1) is 0 Å². The predicted octanol–water partition coefficient (Wildman–Crippen LogP) is 1.43. The van der Waals surface area contributed by atoms with Crippen molar-refractivity contribution in [1.29, 1.82) is 0 Å². The summed E-state index contributed by atoms with van der Waals surface area (Å²) in [4.78, 5) is 25.9. The number of hydrogen-bond donors (Lipinski definition) is 3. The molecule has 0 bridgehead atoms. The Labute approximate surface area is 167 Å². The van der Waals surface area contributed by atoms with Crippen LogP contribution in [0.3, 0.4) is 0 Å². The number of ether oxygens (including phenoxy) is 2. The predicted molar refractivity (Wildman–Crippen MR) is 105 cm³/mol. The number of anilines is 2. The van der Waals surface area contributed by atoms with Crippen LogP contribution in [0.2, 0.25) is 0 Å². The summed E-state index contributed by atoms with van der Waals surface area (Å²) in [6, 6.07) is 11.2. The lowest BCUT2D eigenvalue weighted by Crippen LogP contribution is -3.14. The standard InChI is InChI=1S/C21H22FN3O4/c22-15-2-1-3-16(10-15)23-20(26)12-25-8-6-14(7-9-25)21(27)24-17-4-5-18-19(11-17)29-13-28-18/h1-5,10-11,14H,6-9,12-13H2,(H,23,26)(H,24,27)/p+1. The lowest BCUT2D eigenvalue weighted by molar-refractivity contribution is -0.897. The molecule has 4 rings (SSSR count). The van der Waals surface area contributed by atoms with Crippen molar-refractivity contribution in [3.05, 3.63) is 48.3 Å². The Kier molecular flexibility index (Phi) is 5.62. The van der Waals surface area contributed by atoms with Gasteiger partial charge in [-0.05, 0) is 30.3 Å². The first kappa shape index (κ1) is 19.2. The second-order valence-electron chi connectivity index (χ2n) is 7.32. The van der Waals surface area contributed by atoms with E-state index >= 15 is 0 Å². The van der Waals surface area contributed by atoms with Crippen LogP contribution in [0.5, 0.6) is 11.5 Å². The minimum Gasteiger partial charge on any atom is -0.454 e. The quantitative estimate of drug-likeness (QED) is 0.709. The van der Waals surface area contributed by atoms with Crippen LogP contribution >= 0.6 is 0 Å². The maximum atomic E-state index is 13.2. The highest BCUT2D eigenvalue weighted by Crippen LogP contribution is 2.34. The molecule has 0 aliphatic carbocycles. The summed E-state index contributed by atoms with van der Waals surface area (Å²) >= 11 is 0. The van der Waals surface area contributed by atoms with E-state index in [0.717, 1.165) is 18.0 Å². The van der Waals surface area contributed by atoms with E-state index in [1.165, 1.54) is 12.1 Å². The maximum Gasteiger partial charge on any atom is 0.279 e. The summed E-state index contributed by atoms with van der Waals surface area (Å²) in [5.74, 6) is 0.656.